The monoisotopic (exact) mass is 374 g/mol. The average Bonchev–Trinajstić information content (AvgIpc) is 3.35. The normalized spacial score (nSPS) is 15.5. The van der Waals surface area contributed by atoms with Gasteiger partial charge in [-0.2, -0.15) is 0 Å². The summed E-state index contributed by atoms with van der Waals surface area (Å²) in [7, 11) is 1.95. The van der Waals surface area contributed by atoms with Crippen molar-refractivity contribution in [2.45, 2.75) is 0 Å². The number of hydrogen-bond donors (Lipinski definition) is 2. The van der Waals surface area contributed by atoms with Crippen LogP contribution in [0.1, 0.15) is 5.56 Å². The number of nitrogens with zero attached hydrogens (tertiary/aromatic N) is 4. The molecule has 132 valence electrons. The lowest BCUT2D eigenvalue weighted by molar-refractivity contribution is -0.115. The van der Waals surface area contributed by atoms with Crippen LogP contribution in [0.25, 0.3) is 27.3 Å². The van der Waals surface area contributed by atoms with Crippen LogP contribution in [-0.4, -0.2) is 26.4 Å². The molecule has 1 aliphatic heterocycles. The smallest absolute Gasteiger partial charge is 0.276 e. The summed E-state index contributed by atoms with van der Waals surface area (Å²) in [6, 6.07) is 11.7. The minimum atomic E-state index is -0.235. The number of fused-ring (bicyclic) bond motifs is 2. The number of imidazole rings is 1. The molecule has 27 heavy (non-hydrogen) atoms. The van der Waals surface area contributed by atoms with Crippen LogP contribution in [0, 0.1) is 0 Å². The highest BCUT2D eigenvalue weighted by Gasteiger charge is 2.20. The number of aromatic nitrogens is 3. The van der Waals surface area contributed by atoms with E-state index in [0.717, 1.165) is 32.5 Å². The molecule has 0 bridgehead atoms. The van der Waals surface area contributed by atoms with Crippen LogP contribution in [0.2, 0.25) is 0 Å². The highest BCUT2D eigenvalue weighted by molar-refractivity contribution is 7.16. The molecule has 0 atom stereocenters. The molecule has 0 aliphatic carbocycles. The summed E-state index contributed by atoms with van der Waals surface area (Å²) in [5.41, 5.74) is 6.76. The zero-order chi connectivity index (χ0) is 18.4. The fraction of sp³-hybridized carbons (Fsp3) is 0.0526. The van der Waals surface area contributed by atoms with Gasteiger partial charge in [0.15, 0.2) is 0 Å². The van der Waals surface area contributed by atoms with Gasteiger partial charge in [-0.1, -0.05) is 6.07 Å². The minimum Gasteiger partial charge on any atom is -0.334 e. The standard InChI is InChI=1S/C19H14N6OS/c1-25-9-20-14-8-12(3-5-16(14)25)22-19-23-15(18(26)24-19)6-11-2-4-13-17(7-11)27-10-21-13/h2-10H,1H3,(H2,22,23,24,26). The van der Waals surface area contributed by atoms with Crippen LogP contribution in [-0.2, 0) is 11.8 Å². The Labute approximate surface area is 158 Å². The largest absolute Gasteiger partial charge is 0.334 e. The van der Waals surface area contributed by atoms with Gasteiger partial charge in [0.25, 0.3) is 5.91 Å². The lowest BCUT2D eigenvalue weighted by Crippen LogP contribution is -2.29. The Balaban J connectivity index is 1.42. The van der Waals surface area contributed by atoms with E-state index in [1.54, 1.807) is 23.7 Å². The quantitative estimate of drug-likeness (QED) is 0.528. The third-order valence-corrected chi connectivity index (χ3v) is 5.14. The van der Waals surface area contributed by atoms with Gasteiger partial charge in [0, 0.05) is 12.7 Å². The van der Waals surface area contributed by atoms with Gasteiger partial charge >= 0.3 is 0 Å². The predicted molar refractivity (Wildman–Crippen MR) is 108 cm³/mol. The Morgan fingerprint density at radius 3 is 3.00 bits per heavy atom. The van der Waals surface area contributed by atoms with Crippen molar-refractivity contribution in [1.82, 2.24) is 19.9 Å². The molecule has 7 nitrogen and oxygen atoms in total. The van der Waals surface area contributed by atoms with Crippen LogP contribution in [0.15, 0.2) is 58.9 Å². The summed E-state index contributed by atoms with van der Waals surface area (Å²) >= 11 is 1.57. The number of carbonyl (C=O) groups excluding carboxylic acids is 1. The van der Waals surface area contributed by atoms with Crippen molar-refractivity contribution in [2.24, 2.45) is 12.0 Å². The van der Waals surface area contributed by atoms with Crippen LogP contribution >= 0.6 is 11.3 Å². The first-order chi connectivity index (χ1) is 13.2. The predicted octanol–water partition coefficient (Wildman–Crippen LogP) is 3.12. The molecule has 2 aromatic heterocycles. The minimum absolute atomic E-state index is 0.235. The van der Waals surface area contributed by atoms with Gasteiger partial charge in [-0.3, -0.25) is 10.1 Å². The van der Waals surface area contributed by atoms with Gasteiger partial charge < -0.3 is 9.88 Å². The first kappa shape index (κ1) is 15.7. The third-order valence-electron chi connectivity index (χ3n) is 4.34. The van der Waals surface area contributed by atoms with Crippen molar-refractivity contribution >= 4 is 56.2 Å². The molecule has 0 spiro atoms. The maximum Gasteiger partial charge on any atom is 0.276 e. The fourth-order valence-electron chi connectivity index (χ4n) is 3.00. The molecule has 3 heterocycles. The number of rotatable bonds is 2. The van der Waals surface area contributed by atoms with Gasteiger partial charge in [-0.05, 0) is 42.0 Å². The Hall–Kier alpha value is -3.52. The zero-order valence-corrected chi connectivity index (χ0v) is 15.1. The maximum absolute atomic E-state index is 12.2. The molecule has 1 amide bonds. The number of hydrogen-bond acceptors (Lipinski definition) is 6. The van der Waals surface area contributed by atoms with Crippen molar-refractivity contribution in [3.8, 4) is 0 Å². The van der Waals surface area contributed by atoms with Gasteiger partial charge in [0.1, 0.15) is 5.70 Å². The van der Waals surface area contributed by atoms with Crippen molar-refractivity contribution < 1.29 is 4.79 Å². The van der Waals surface area contributed by atoms with E-state index >= 15 is 0 Å². The number of thiazole rings is 1. The number of amides is 1. The van der Waals surface area contributed by atoms with Crippen LogP contribution in [0.4, 0.5) is 5.69 Å². The van der Waals surface area contributed by atoms with E-state index in [2.05, 4.69) is 25.6 Å². The number of aliphatic imine (C=N–C) groups is 1. The fourth-order valence-corrected chi connectivity index (χ4v) is 3.72. The number of nitrogens with one attached hydrogen (secondary N) is 2. The van der Waals surface area contributed by atoms with Crippen LogP contribution < -0.4 is 10.6 Å². The Morgan fingerprint density at radius 1 is 1.15 bits per heavy atom. The lowest BCUT2D eigenvalue weighted by atomic mass is 10.2. The molecular formula is C19H14N6OS. The van der Waals surface area contributed by atoms with E-state index in [1.807, 2.05) is 53.5 Å². The molecule has 4 aromatic rings. The number of guanidine groups is 1. The van der Waals surface area contributed by atoms with Crippen molar-refractivity contribution in [3.05, 3.63) is 59.5 Å². The van der Waals surface area contributed by atoms with Crippen LogP contribution in [0.5, 0.6) is 0 Å². The Morgan fingerprint density at radius 2 is 2.07 bits per heavy atom. The second-order valence-corrected chi connectivity index (χ2v) is 7.09. The molecule has 0 radical (unpaired) electrons. The Bertz CT molecular complexity index is 1270. The molecule has 5 rings (SSSR count). The van der Waals surface area contributed by atoms with Crippen molar-refractivity contribution in [3.63, 3.8) is 0 Å². The summed E-state index contributed by atoms with van der Waals surface area (Å²) in [6.07, 6.45) is 3.54. The summed E-state index contributed by atoms with van der Waals surface area (Å²) in [5, 5.41) is 5.89. The summed E-state index contributed by atoms with van der Waals surface area (Å²) in [6.45, 7) is 0. The van der Waals surface area contributed by atoms with Gasteiger partial charge in [0.2, 0.25) is 5.96 Å². The molecule has 2 N–H and O–H groups in total. The first-order valence-corrected chi connectivity index (χ1v) is 9.17. The molecule has 1 aliphatic rings. The molecule has 2 aromatic carbocycles. The maximum atomic E-state index is 12.2. The summed E-state index contributed by atoms with van der Waals surface area (Å²) < 4.78 is 3.03. The lowest BCUT2D eigenvalue weighted by Gasteiger charge is -2.05. The molecule has 8 heteroatoms. The number of aryl methyl sites for hydroxylation is 1. The van der Waals surface area contributed by atoms with E-state index in [-0.39, 0.29) is 5.91 Å². The van der Waals surface area contributed by atoms with E-state index < -0.39 is 0 Å². The highest BCUT2D eigenvalue weighted by Crippen LogP contribution is 2.22. The van der Waals surface area contributed by atoms with E-state index in [1.165, 1.54) is 0 Å². The van der Waals surface area contributed by atoms with Crippen molar-refractivity contribution in [2.75, 3.05) is 5.32 Å². The van der Waals surface area contributed by atoms with Crippen LogP contribution in [0.3, 0.4) is 0 Å². The molecule has 0 unspecified atom stereocenters. The molecule has 0 saturated heterocycles. The zero-order valence-electron chi connectivity index (χ0n) is 14.3. The van der Waals surface area contributed by atoms with E-state index in [4.69, 9.17) is 0 Å². The summed E-state index contributed by atoms with van der Waals surface area (Å²) in [5.74, 6) is 0.168. The van der Waals surface area contributed by atoms with Gasteiger partial charge in [0.05, 0.1) is 33.1 Å². The number of benzene rings is 2. The van der Waals surface area contributed by atoms with Crippen molar-refractivity contribution in [1.29, 1.82) is 0 Å². The molecule has 0 saturated carbocycles. The highest BCUT2D eigenvalue weighted by atomic mass is 32.1. The second kappa shape index (κ2) is 6.03. The molecule has 0 fully saturated rings. The topological polar surface area (TPSA) is 84.2 Å². The van der Waals surface area contributed by atoms with E-state index in [0.29, 0.717) is 11.7 Å². The number of carbonyl (C=O) groups is 1. The average molecular weight is 374 g/mol. The Kier molecular flexibility index (Phi) is 3.51. The van der Waals surface area contributed by atoms with Gasteiger partial charge in [-0.15, -0.1) is 11.3 Å². The van der Waals surface area contributed by atoms with E-state index in [9.17, 15) is 4.79 Å². The number of anilines is 1. The third kappa shape index (κ3) is 2.85. The van der Waals surface area contributed by atoms with Gasteiger partial charge in [-0.25, -0.2) is 15.0 Å². The first-order valence-electron chi connectivity index (χ1n) is 8.29. The second-order valence-electron chi connectivity index (χ2n) is 6.21. The SMILES string of the molecule is Cn1cnc2cc(NC3=NC(=Cc4ccc5ncsc5c4)C(=O)N3)ccc21. The summed E-state index contributed by atoms with van der Waals surface area (Å²) in [4.78, 5) is 25.2. The molecular weight excluding hydrogens is 360 g/mol.